The van der Waals surface area contributed by atoms with E-state index in [0.717, 1.165) is 49.7 Å². The molecule has 1 aliphatic heterocycles. The average molecular weight is 354 g/mol. The topological polar surface area (TPSA) is 49.4 Å². The molecule has 0 bridgehead atoms. The lowest BCUT2D eigenvalue weighted by Crippen LogP contribution is -2.63. The number of nitrogens with zero attached hydrogens (tertiary/aromatic N) is 1. The molecule has 1 unspecified atom stereocenters. The Hall–Kier alpha value is -1.84. The summed E-state index contributed by atoms with van der Waals surface area (Å²) in [4.78, 5) is 29.1. The van der Waals surface area contributed by atoms with Crippen LogP contribution in [0.15, 0.2) is 24.3 Å². The molecule has 1 spiro atoms. The molecule has 3 aliphatic rings. The van der Waals surface area contributed by atoms with E-state index in [2.05, 4.69) is 10.2 Å². The number of nitrogens with one attached hydrogen (secondary N) is 1. The molecule has 1 atom stereocenters. The van der Waals surface area contributed by atoms with Gasteiger partial charge in [-0.05, 0) is 51.2 Å². The van der Waals surface area contributed by atoms with Gasteiger partial charge in [0.2, 0.25) is 5.91 Å². The summed E-state index contributed by atoms with van der Waals surface area (Å²) in [7, 11) is 0. The van der Waals surface area contributed by atoms with Gasteiger partial charge in [-0.15, -0.1) is 0 Å². The first-order chi connectivity index (χ1) is 12.5. The van der Waals surface area contributed by atoms with Crippen molar-refractivity contribution in [3.63, 3.8) is 0 Å². The highest BCUT2D eigenvalue weighted by atomic mass is 16.2. The van der Waals surface area contributed by atoms with Crippen LogP contribution in [-0.4, -0.2) is 34.3 Å². The Morgan fingerprint density at radius 2 is 1.77 bits per heavy atom. The van der Waals surface area contributed by atoms with Gasteiger partial charge in [-0.3, -0.25) is 9.59 Å². The number of amides is 2. The summed E-state index contributed by atoms with van der Waals surface area (Å²) < 4.78 is 0. The van der Waals surface area contributed by atoms with Gasteiger partial charge >= 0.3 is 0 Å². The molecular formula is C22H30N2O2. The van der Waals surface area contributed by atoms with Crippen LogP contribution in [0.1, 0.15) is 87.1 Å². The van der Waals surface area contributed by atoms with Crippen LogP contribution in [0.4, 0.5) is 0 Å². The number of hydrogen-bond acceptors (Lipinski definition) is 2. The van der Waals surface area contributed by atoms with Crippen molar-refractivity contribution < 1.29 is 9.59 Å². The Morgan fingerprint density at radius 1 is 1.12 bits per heavy atom. The summed E-state index contributed by atoms with van der Waals surface area (Å²) >= 11 is 0. The molecule has 1 heterocycles. The van der Waals surface area contributed by atoms with Crippen LogP contribution >= 0.6 is 0 Å². The van der Waals surface area contributed by atoms with E-state index in [4.69, 9.17) is 0 Å². The Labute approximate surface area is 156 Å². The first-order valence-electron chi connectivity index (χ1n) is 10.3. The first kappa shape index (κ1) is 17.6. The van der Waals surface area contributed by atoms with E-state index in [1.165, 1.54) is 12.8 Å². The van der Waals surface area contributed by atoms with Gasteiger partial charge in [0, 0.05) is 17.6 Å². The zero-order chi connectivity index (χ0) is 18.3. The van der Waals surface area contributed by atoms with Crippen molar-refractivity contribution >= 4 is 11.8 Å². The number of carbonyl (C=O) groups is 2. The van der Waals surface area contributed by atoms with Gasteiger partial charge in [-0.2, -0.15) is 0 Å². The molecule has 4 nitrogen and oxygen atoms in total. The minimum absolute atomic E-state index is 0.0878. The van der Waals surface area contributed by atoms with E-state index in [9.17, 15) is 9.59 Å². The van der Waals surface area contributed by atoms with Crippen LogP contribution in [0.3, 0.4) is 0 Å². The Morgan fingerprint density at radius 3 is 2.42 bits per heavy atom. The third kappa shape index (κ3) is 2.65. The van der Waals surface area contributed by atoms with E-state index < -0.39 is 0 Å². The summed E-state index contributed by atoms with van der Waals surface area (Å²) in [6.45, 7) is 4.02. The van der Waals surface area contributed by atoms with E-state index in [0.29, 0.717) is 6.04 Å². The number of benzene rings is 1. The average Bonchev–Trinajstić information content (AvgIpc) is 3.28. The fourth-order valence-electron chi connectivity index (χ4n) is 5.67. The standard InChI is InChI=1S/C22H30N2O2/c1-15(2)23-20(25)19-17-11-5-6-12-18(17)21(26)24(16-9-3-4-10-16)22(19)13-7-8-14-22/h5-6,11-12,15-16,19H,3-4,7-10,13-14H2,1-2H3,(H,23,25). The normalized spacial score (nSPS) is 25.1. The fraction of sp³-hybridized carbons (Fsp3) is 0.636. The maximum atomic E-state index is 13.5. The number of hydrogen-bond donors (Lipinski definition) is 1. The molecule has 2 amide bonds. The molecule has 2 fully saturated rings. The van der Waals surface area contributed by atoms with E-state index in [1.54, 1.807) is 0 Å². The smallest absolute Gasteiger partial charge is 0.254 e. The quantitative estimate of drug-likeness (QED) is 0.892. The van der Waals surface area contributed by atoms with Gasteiger partial charge in [0.1, 0.15) is 0 Å². The van der Waals surface area contributed by atoms with Crippen molar-refractivity contribution in [2.45, 2.75) is 88.8 Å². The molecular weight excluding hydrogens is 324 g/mol. The Kier molecular flexibility index (Phi) is 4.54. The minimum atomic E-state index is -0.334. The van der Waals surface area contributed by atoms with Gasteiger partial charge in [0.25, 0.3) is 5.91 Å². The van der Waals surface area contributed by atoms with Crippen molar-refractivity contribution in [2.75, 3.05) is 0 Å². The van der Waals surface area contributed by atoms with Crippen molar-refractivity contribution in [3.05, 3.63) is 35.4 Å². The lowest BCUT2D eigenvalue weighted by atomic mass is 9.70. The van der Waals surface area contributed by atoms with E-state index in [1.807, 2.05) is 38.1 Å². The SMILES string of the molecule is CC(C)NC(=O)C1c2ccccc2C(=O)N(C2CCCC2)C12CCCC2. The molecule has 0 radical (unpaired) electrons. The Balaban J connectivity index is 1.86. The first-order valence-corrected chi connectivity index (χ1v) is 10.3. The van der Waals surface area contributed by atoms with Gasteiger partial charge in [0.15, 0.2) is 0 Å². The van der Waals surface area contributed by atoms with Crippen molar-refractivity contribution in [2.24, 2.45) is 0 Å². The third-order valence-corrected chi connectivity index (χ3v) is 6.59. The van der Waals surface area contributed by atoms with Crippen molar-refractivity contribution in [3.8, 4) is 0 Å². The lowest BCUT2D eigenvalue weighted by Gasteiger charge is -2.52. The maximum Gasteiger partial charge on any atom is 0.254 e. The van der Waals surface area contributed by atoms with Gasteiger partial charge in [-0.1, -0.05) is 43.9 Å². The second-order valence-electron chi connectivity index (χ2n) is 8.61. The molecule has 4 heteroatoms. The molecule has 4 rings (SSSR count). The monoisotopic (exact) mass is 354 g/mol. The highest BCUT2D eigenvalue weighted by molar-refractivity contribution is 6.02. The van der Waals surface area contributed by atoms with Crippen LogP contribution in [0.25, 0.3) is 0 Å². The van der Waals surface area contributed by atoms with Crippen LogP contribution in [0.2, 0.25) is 0 Å². The molecule has 2 aliphatic carbocycles. The van der Waals surface area contributed by atoms with Crippen molar-refractivity contribution in [1.82, 2.24) is 10.2 Å². The summed E-state index contributed by atoms with van der Waals surface area (Å²) in [5.41, 5.74) is 1.34. The molecule has 1 aromatic rings. The third-order valence-electron chi connectivity index (χ3n) is 6.59. The predicted molar refractivity (Wildman–Crippen MR) is 102 cm³/mol. The zero-order valence-electron chi connectivity index (χ0n) is 16.0. The van der Waals surface area contributed by atoms with Gasteiger partial charge in [0.05, 0.1) is 11.5 Å². The Bertz CT molecular complexity index is 700. The van der Waals surface area contributed by atoms with Gasteiger partial charge < -0.3 is 10.2 Å². The molecule has 0 saturated heterocycles. The summed E-state index contributed by atoms with van der Waals surface area (Å²) in [6.07, 6.45) is 8.63. The van der Waals surface area contributed by atoms with Crippen LogP contribution in [0, 0.1) is 0 Å². The minimum Gasteiger partial charge on any atom is -0.353 e. The highest BCUT2D eigenvalue weighted by Gasteiger charge is 2.57. The molecule has 2 saturated carbocycles. The second kappa shape index (κ2) is 6.71. The van der Waals surface area contributed by atoms with Crippen molar-refractivity contribution in [1.29, 1.82) is 0 Å². The second-order valence-corrected chi connectivity index (χ2v) is 8.61. The summed E-state index contributed by atoms with van der Waals surface area (Å²) in [5, 5.41) is 3.15. The fourth-order valence-corrected chi connectivity index (χ4v) is 5.67. The largest absolute Gasteiger partial charge is 0.353 e. The zero-order valence-corrected chi connectivity index (χ0v) is 16.0. The maximum absolute atomic E-state index is 13.5. The van der Waals surface area contributed by atoms with Crippen LogP contribution in [-0.2, 0) is 4.79 Å². The van der Waals surface area contributed by atoms with E-state index >= 15 is 0 Å². The lowest BCUT2D eigenvalue weighted by molar-refractivity contribution is -0.127. The number of rotatable bonds is 3. The number of fused-ring (bicyclic) bond motifs is 1. The molecule has 0 aromatic heterocycles. The molecule has 26 heavy (non-hydrogen) atoms. The summed E-state index contributed by atoms with van der Waals surface area (Å²) in [6, 6.07) is 8.21. The highest BCUT2D eigenvalue weighted by Crippen LogP contribution is 2.52. The summed E-state index contributed by atoms with van der Waals surface area (Å²) in [5.74, 6) is -0.00487. The van der Waals surface area contributed by atoms with Gasteiger partial charge in [-0.25, -0.2) is 0 Å². The number of carbonyl (C=O) groups excluding carboxylic acids is 2. The molecule has 1 N–H and O–H groups in total. The predicted octanol–water partition coefficient (Wildman–Crippen LogP) is 4.01. The van der Waals surface area contributed by atoms with Crippen LogP contribution < -0.4 is 5.32 Å². The molecule has 140 valence electrons. The van der Waals surface area contributed by atoms with Crippen LogP contribution in [0.5, 0.6) is 0 Å². The van der Waals surface area contributed by atoms with E-state index in [-0.39, 0.29) is 29.3 Å². The molecule has 1 aromatic carbocycles.